The summed E-state index contributed by atoms with van der Waals surface area (Å²) in [6.07, 6.45) is 5.48. The van der Waals surface area contributed by atoms with Crippen molar-refractivity contribution in [2.45, 2.75) is 77.4 Å². The first-order valence-electron chi connectivity index (χ1n) is 7.41. The molecule has 2 nitrogen and oxygen atoms in total. The van der Waals surface area contributed by atoms with E-state index in [-0.39, 0.29) is 0 Å². The predicted molar refractivity (Wildman–Crippen MR) is 74.3 cm³/mol. The molecule has 0 aromatic heterocycles. The van der Waals surface area contributed by atoms with Crippen LogP contribution in [0.15, 0.2) is 0 Å². The zero-order valence-corrected chi connectivity index (χ0v) is 12.3. The lowest BCUT2D eigenvalue weighted by molar-refractivity contribution is -0.00660. The van der Waals surface area contributed by atoms with Crippen molar-refractivity contribution < 1.29 is 0 Å². The lowest BCUT2D eigenvalue weighted by atomic mass is 9.85. The summed E-state index contributed by atoms with van der Waals surface area (Å²) in [7, 11) is 0. The van der Waals surface area contributed by atoms with Crippen LogP contribution in [-0.2, 0) is 0 Å². The highest BCUT2D eigenvalue weighted by Gasteiger charge is 2.48. The molecule has 1 aliphatic carbocycles. The number of hydrogen-bond acceptors (Lipinski definition) is 2. The molecule has 17 heavy (non-hydrogen) atoms. The van der Waals surface area contributed by atoms with E-state index in [2.05, 4.69) is 44.8 Å². The third-order valence-electron chi connectivity index (χ3n) is 4.92. The maximum Gasteiger partial charge on any atom is 0.0309 e. The third-order valence-corrected chi connectivity index (χ3v) is 4.92. The Labute approximate surface area is 107 Å². The van der Waals surface area contributed by atoms with E-state index >= 15 is 0 Å². The van der Waals surface area contributed by atoms with E-state index < -0.39 is 0 Å². The number of nitrogens with zero attached hydrogens (tertiary/aromatic N) is 1. The van der Waals surface area contributed by atoms with Gasteiger partial charge in [-0.2, -0.15) is 0 Å². The molecule has 2 aliphatic rings. The summed E-state index contributed by atoms with van der Waals surface area (Å²) in [5.74, 6) is 0.926. The maximum absolute atomic E-state index is 3.83. The van der Waals surface area contributed by atoms with Crippen LogP contribution >= 0.6 is 0 Å². The van der Waals surface area contributed by atoms with E-state index in [0.29, 0.717) is 11.1 Å². The summed E-state index contributed by atoms with van der Waals surface area (Å²) in [5.41, 5.74) is 0.681. The molecule has 2 heteroatoms. The van der Waals surface area contributed by atoms with Gasteiger partial charge in [0.15, 0.2) is 0 Å². The van der Waals surface area contributed by atoms with Gasteiger partial charge in [-0.15, -0.1) is 0 Å². The summed E-state index contributed by atoms with van der Waals surface area (Å²) >= 11 is 0. The van der Waals surface area contributed by atoms with Crippen molar-refractivity contribution in [1.82, 2.24) is 10.2 Å². The molecule has 1 N–H and O–H groups in total. The lowest BCUT2D eigenvalue weighted by Gasteiger charge is -2.53. The van der Waals surface area contributed by atoms with Gasteiger partial charge in [-0.05, 0) is 52.9 Å². The van der Waals surface area contributed by atoms with Gasteiger partial charge in [0.2, 0.25) is 0 Å². The summed E-state index contributed by atoms with van der Waals surface area (Å²) < 4.78 is 0. The first-order chi connectivity index (χ1) is 7.89. The Morgan fingerprint density at radius 3 is 2.47 bits per heavy atom. The fraction of sp³-hybridized carbons (Fsp3) is 1.00. The Bertz CT molecular complexity index is 270. The smallest absolute Gasteiger partial charge is 0.0309 e. The molecule has 2 rings (SSSR count). The summed E-state index contributed by atoms with van der Waals surface area (Å²) in [5, 5.41) is 3.83. The molecule has 1 saturated heterocycles. The number of nitrogens with one attached hydrogen (secondary N) is 1. The van der Waals surface area contributed by atoms with Crippen LogP contribution in [0.1, 0.15) is 60.3 Å². The van der Waals surface area contributed by atoms with Crippen molar-refractivity contribution in [3.05, 3.63) is 0 Å². The van der Waals surface area contributed by atoms with Gasteiger partial charge >= 0.3 is 0 Å². The van der Waals surface area contributed by atoms with Crippen LogP contribution in [-0.4, -0.2) is 35.1 Å². The first-order valence-corrected chi connectivity index (χ1v) is 7.41. The molecular formula is C15H30N2. The Morgan fingerprint density at radius 1 is 1.29 bits per heavy atom. The van der Waals surface area contributed by atoms with Gasteiger partial charge in [0, 0.05) is 30.2 Å². The molecule has 100 valence electrons. The minimum atomic E-state index is 0.309. The Hall–Kier alpha value is -0.0800. The van der Waals surface area contributed by atoms with Crippen molar-refractivity contribution >= 4 is 0 Å². The number of rotatable bonds is 4. The SMILES string of the molecule is CCCC(C)N1CC(C)(C2CC2)NCC1(C)C. The molecule has 0 aromatic carbocycles. The quantitative estimate of drug-likeness (QED) is 0.810. The Balaban J connectivity index is 2.08. The minimum Gasteiger partial charge on any atom is -0.308 e. The van der Waals surface area contributed by atoms with Crippen LogP contribution < -0.4 is 5.32 Å². The molecule has 1 heterocycles. The van der Waals surface area contributed by atoms with Gasteiger partial charge in [0.1, 0.15) is 0 Å². The van der Waals surface area contributed by atoms with Gasteiger partial charge in [-0.25, -0.2) is 0 Å². The van der Waals surface area contributed by atoms with E-state index in [1.54, 1.807) is 0 Å². The largest absolute Gasteiger partial charge is 0.308 e. The van der Waals surface area contributed by atoms with Crippen LogP contribution in [0.3, 0.4) is 0 Å². The van der Waals surface area contributed by atoms with Crippen LogP contribution in [0.2, 0.25) is 0 Å². The second kappa shape index (κ2) is 4.55. The first kappa shape index (κ1) is 13.4. The van der Waals surface area contributed by atoms with Crippen LogP contribution in [0, 0.1) is 5.92 Å². The zero-order valence-electron chi connectivity index (χ0n) is 12.3. The molecular weight excluding hydrogens is 208 g/mol. The van der Waals surface area contributed by atoms with Gasteiger partial charge in [-0.1, -0.05) is 13.3 Å². The van der Waals surface area contributed by atoms with Gasteiger partial charge in [0.05, 0.1) is 0 Å². The normalized spacial score (nSPS) is 35.8. The van der Waals surface area contributed by atoms with Crippen LogP contribution in [0.25, 0.3) is 0 Å². The highest BCUT2D eigenvalue weighted by Crippen LogP contribution is 2.43. The lowest BCUT2D eigenvalue weighted by Crippen LogP contribution is -2.69. The van der Waals surface area contributed by atoms with E-state index in [9.17, 15) is 0 Å². The number of hydrogen-bond donors (Lipinski definition) is 1. The zero-order chi connectivity index (χ0) is 12.7. The second-order valence-electron chi connectivity index (χ2n) is 7.12. The van der Waals surface area contributed by atoms with E-state index in [0.717, 1.165) is 18.5 Å². The van der Waals surface area contributed by atoms with Crippen LogP contribution in [0.4, 0.5) is 0 Å². The predicted octanol–water partition coefficient (Wildman–Crippen LogP) is 3.03. The van der Waals surface area contributed by atoms with Crippen molar-refractivity contribution in [2.75, 3.05) is 13.1 Å². The molecule has 1 aliphatic heterocycles. The molecule has 0 spiro atoms. The topological polar surface area (TPSA) is 15.3 Å². The summed E-state index contributed by atoms with van der Waals surface area (Å²) in [4.78, 5) is 2.76. The van der Waals surface area contributed by atoms with Crippen molar-refractivity contribution in [1.29, 1.82) is 0 Å². The minimum absolute atomic E-state index is 0.309. The standard InChI is InChI=1S/C15H30N2/c1-6-7-12(2)17-11-15(5,13-8-9-13)16-10-14(17,3)4/h12-13,16H,6-11H2,1-5H3. The molecule has 0 amide bonds. The molecule has 0 aromatic rings. The third kappa shape index (κ3) is 2.68. The highest BCUT2D eigenvalue weighted by atomic mass is 15.3. The van der Waals surface area contributed by atoms with E-state index in [1.165, 1.54) is 32.2 Å². The molecule has 2 unspecified atom stereocenters. The highest BCUT2D eigenvalue weighted by molar-refractivity contribution is 5.07. The Kier molecular flexibility index (Phi) is 3.57. The summed E-state index contributed by atoms with van der Waals surface area (Å²) in [6.45, 7) is 14.3. The molecule has 0 bridgehead atoms. The molecule has 1 saturated carbocycles. The summed E-state index contributed by atoms with van der Waals surface area (Å²) in [6, 6.07) is 0.718. The maximum atomic E-state index is 3.83. The second-order valence-corrected chi connectivity index (χ2v) is 7.12. The average molecular weight is 238 g/mol. The van der Waals surface area contributed by atoms with Crippen LogP contribution in [0.5, 0.6) is 0 Å². The van der Waals surface area contributed by atoms with Crippen molar-refractivity contribution in [2.24, 2.45) is 5.92 Å². The fourth-order valence-corrected chi connectivity index (χ4v) is 3.46. The van der Waals surface area contributed by atoms with Crippen molar-refractivity contribution in [3.8, 4) is 0 Å². The molecule has 2 fully saturated rings. The van der Waals surface area contributed by atoms with Gasteiger partial charge < -0.3 is 5.32 Å². The fourth-order valence-electron chi connectivity index (χ4n) is 3.46. The molecule has 2 atom stereocenters. The van der Waals surface area contributed by atoms with E-state index in [4.69, 9.17) is 0 Å². The van der Waals surface area contributed by atoms with E-state index in [1.807, 2.05) is 0 Å². The Morgan fingerprint density at radius 2 is 1.94 bits per heavy atom. The van der Waals surface area contributed by atoms with Gasteiger partial charge in [-0.3, -0.25) is 4.90 Å². The van der Waals surface area contributed by atoms with Gasteiger partial charge in [0.25, 0.3) is 0 Å². The van der Waals surface area contributed by atoms with Crippen molar-refractivity contribution in [3.63, 3.8) is 0 Å². The molecule has 0 radical (unpaired) electrons. The average Bonchev–Trinajstić information content (AvgIpc) is 3.06. The monoisotopic (exact) mass is 238 g/mol. The number of piperazine rings is 1.